The van der Waals surface area contributed by atoms with Crippen molar-refractivity contribution in [3.63, 3.8) is 0 Å². The number of nitrogens with zero attached hydrogens (tertiary/aromatic N) is 1. The first-order valence-electron chi connectivity index (χ1n) is 6.44. The molecule has 1 N–H and O–H groups in total. The molecule has 0 aromatic heterocycles. The monoisotopic (exact) mass is 234 g/mol. The molecule has 0 amide bonds. The van der Waals surface area contributed by atoms with Gasteiger partial charge in [-0.2, -0.15) is 0 Å². The summed E-state index contributed by atoms with van der Waals surface area (Å²) in [6, 6.07) is 9.51. The Bertz CT molecular complexity index is 314. The molecule has 1 unspecified atom stereocenters. The fourth-order valence-electron chi connectivity index (χ4n) is 2.14. The van der Waals surface area contributed by atoms with Gasteiger partial charge in [-0.1, -0.05) is 38.1 Å². The van der Waals surface area contributed by atoms with Crippen LogP contribution in [0.3, 0.4) is 0 Å². The van der Waals surface area contributed by atoms with Crippen LogP contribution in [0.25, 0.3) is 0 Å². The first-order chi connectivity index (χ1) is 8.04. The molecule has 1 atom stereocenters. The summed E-state index contributed by atoms with van der Waals surface area (Å²) in [4.78, 5) is 2.26. The minimum atomic E-state index is 0.452. The molecule has 96 valence electrons. The molecule has 1 rings (SSSR count). The van der Waals surface area contributed by atoms with Crippen LogP contribution in [0.2, 0.25) is 0 Å². The fourth-order valence-corrected chi connectivity index (χ4v) is 2.14. The van der Waals surface area contributed by atoms with Crippen molar-refractivity contribution in [2.24, 2.45) is 5.92 Å². The topological polar surface area (TPSA) is 15.3 Å². The molecule has 0 saturated carbocycles. The van der Waals surface area contributed by atoms with Crippen LogP contribution in [0.15, 0.2) is 24.3 Å². The van der Waals surface area contributed by atoms with Crippen LogP contribution in [0.5, 0.6) is 0 Å². The van der Waals surface area contributed by atoms with Gasteiger partial charge >= 0.3 is 0 Å². The highest BCUT2D eigenvalue weighted by Crippen LogP contribution is 2.19. The van der Waals surface area contributed by atoms with Crippen LogP contribution >= 0.6 is 0 Å². The van der Waals surface area contributed by atoms with Crippen LogP contribution < -0.4 is 5.32 Å². The van der Waals surface area contributed by atoms with Crippen LogP contribution in [0.4, 0.5) is 0 Å². The predicted octanol–water partition coefficient (Wildman–Crippen LogP) is 2.71. The third kappa shape index (κ3) is 4.49. The molecule has 2 heteroatoms. The number of likely N-dealkylation sites (N-methyl/N-ethyl adjacent to an activating group) is 2. The molecule has 0 saturated heterocycles. The van der Waals surface area contributed by atoms with Crippen molar-refractivity contribution >= 4 is 0 Å². The molecule has 1 aromatic rings. The normalized spacial score (nSPS) is 13.4. The van der Waals surface area contributed by atoms with Gasteiger partial charge in [-0.05, 0) is 44.6 Å². The molecule has 0 aliphatic carbocycles. The molecular weight excluding hydrogens is 208 g/mol. The summed E-state index contributed by atoms with van der Waals surface area (Å²) in [7, 11) is 6.26. The Labute approximate surface area is 106 Å². The molecule has 0 radical (unpaired) electrons. The van der Waals surface area contributed by atoms with E-state index in [-0.39, 0.29) is 0 Å². The minimum absolute atomic E-state index is 0.452. The van der Waals surface area contributed by atoms with E-state index in [1.165, 1.54) is 17.5 Å². The number of rotatable bonds is 6. The third-order valence-corrected chi connectivity index (χ3v) is 3.03. The van der Waals surface area contributed by atoms with E-state index < -0.39 is 0 Å². The molecule has 1 aromatic carbocycles. The summed E-state index contributed by atoms with van der Waals surface area (Å²) >= 11 is 0. The van der Waals surface area contributed by atoms with E-state index in [2.05, 4.69) is 62.4 Å². The van der Waals surface area contributed by atoms with E-state index in [0.717, 1.165) is 12.5 Å². The predicted molar refractivity (Wildman–Crippen MR) is 75.3 cm³/mol. The number of nitrogens with one attached hydrogen (secondary N) is 1. The maximum Gasteiger partial charge on any atom is 0.0466 e. The number of hydrogen-bond donors (Lipinski definition) is 1. The average molecular weight is 234 g/mol. The van der Waals surface area contributed by atoms with Crippen molar-refractivity contribution in [2.75, 3.05) is 27.7 Å². The SMILES string of the molecule is CNCC(c1ccc(CC(C)C)cc1)N(C)C. The van der Waals surface area contributed by atoms with Crippen LogP contribution in [-0.4, -0.2) is 32.6 Å². The van der Waals surface area contributed by atoms with Gasteiger partial charge < -0.3 is 10.2 Å². The van der Waals surface area contributed by atoms with Gasteiger partial charge in [-0.15, -0.1) is 0 Å². The zero-order valence-electron chi connectivity index (χ0n) is 11.8. The maximum atomic E-state index is 3.25. The molecule has 17 heavy (non-hydrogen) atoms. The van der Waals surface area contributed by atoms with E-state index in [4.69, 9.17) is 0 Å². The highest BCUT2D eigenvalue weighted by Gasteiger charge is 2.12. The summed E-state index contributed by atoms with van der Waals surface area (Å²) in [5, 5.41) is 3.25. The Balaban J connectivity index is 2.77. The van der Waals surface area contributed by atoms with E-state index >= 15 is 0 Å². The van der Waals surface area contributed by atoms with E-state index in [9.17, 15) is 0 Å². The lowest BCUT2D eigenvalue weighted by Crippen LogP contribution is -2.29. The van der Waals surface area contributed by atoms with E-state index in [1.807, 2.05) is 7.05 Å². The average Bonchev–Trinajstić information content (AvgIpc) is 2.26. The molecule has 2 nitrogen and oxygen atoms in total. The highest BCUT2D eigenvalue weighted by atomic mass is 15.1. The lowest BCUT2D eigenvalue weighted by atomic mass is 9.99. The minimum Gasteiger partial charge on any atom is -0.318 e. The smallest absolute Gasteiger partial charge is 0.0466 e. The van der Waals surface area contributed by atoms with Gasteiger partial charge in [0.2, 0.25) is 0 Å². The summed E-state index contributed by atoms with van der Waals surface area (Å²) < 4.78 is 0. The van der Waals surface area contributed by atoms with Crippen molar-refractivity contribution in [3.8, 4) is 0 Å². The Kier molecular flexibility index (Phi) is 5.66. The summed E-state index contributed by atoms with van der Waals surface area (Å²) in [6.45, 7) is 5.51. The molecule has 0 aliphatic rings. The maximum absolute atomic E-state index is 3.25. The first kappa shape index (κ1) is 14.2. The van der Waals surface area contributed by atoms with Crippen molar-refractivity contribution < 1.29 is 0 Å². The summed E-state index contributed by atoms with van der Waals surface area (Å²) in [6.07, 6.45) is 1.17. The van der Waals surface area contributed by atoms with Gasteiger partial charge in [-0.25, -0.2) is 0 Å². The fraction of sp³-hybridized carbons (Fsp3) is 0.600. The lowest BCUT2D eigenvalue weighted by molar-refractivity contribution is 0.294. The zero-order valence-corrected chi connectivity index (χ0v) is 11.8. The van der Waals surface area contributed by atoms with Crippen molar-refractivity contribution in [1.82, 2.24) is 10.2 Å². The standard InChI is InChI=1S/C15H26N2/c1-12(2)10-13-6-8-14(9-7-13)15(11-16-3)17(4)5/h6-9,12,15-16H,10-11H2,1-5H3. The third-order valence-electron chi connectivity index (χ3n) is 3.03. The second kappa shape index (κ2) is 6.77. The van der Waals surface area contributed by atoms with E-state index in [0.29, 0.717) is 6.04 Å². The van der Waals surface area contributed by atoms with Crippen molar-refractivity contribution in [3.05, 3.63) is 35.4 Å². The summed E-state index contributed by atoms with van der Waals surface area (Å²) in [5.74, 6) is 0.725. The summed E-state index contributed by atoms with van der Waals surface area (Å²) in [5.41, 5.74) is 2.82. The number of hydrogen-bond acceptors (Lipinski definition) is 2. The van der Waals surface area contributed by atoms with Gasteiger partial charge in [0.1, 0.15) is 0 Å². The van der Waals surface area contributed by atoms with Gasteiger partial charge in [0.25, 0.3) is 0 Å². The molecule has 0 spiro atoms. The Morgan fingerprint density at radius 1 is 1.12 bits per heavy atom. The van der Waals surface area contributed by atoms with Crippen molar-refractivity contribution in [1.29, 1.82) is 0 Å². The van der Waals surface area contributed by atoms with Gasteiger partial charge in [0.15, 0.2) is 0 Å². The van der Waals surface area contributed by atoms with E-state index in [1.54, 1.807) is 0 Å². The Morgan fingerprint density at radius 3 is 2.12 bits per heavy atom. The zero-order chi connectivity index (χ0) is 12.8. The lowest BCUT2D eigenvalue weighted by Gasteiger charge is -2.24. The molecular formula is C15H26N2. The van der Waals surface area contributed by atoms with Gasteiger partial charge in [0.05, 0.1) is 0 Å². The molecule has 0 aliphatic heterocycles. The highest BCUT2D eigenvalue weighted by molar-refractivity contribution is 5.25. The molecule has 0 bridgehead atoms. The Hall–Kier alpha value is -0.860. The van der Waals surface area contributed by atoms with Crippen molar-refractivity contribution in [2.45, 2.75) is 26.3 Å². The van der Waals surface area contributed by atoms with Crippen LogP contribution in [0, 0.1) is 5.92 Å². The quantitative estimate of drug-likeness (QED) is 0.814. The second-order valence-electron chi connectivity index (χ2n) is 5.38. The molecule has 0 fully saturated rings. The first-order valence-corrected chi connectivity index (χ1v) is 6.44. The van der Waals surface area contributed by atoms with Crippen LogP contribution in [-0.2, 0) is 6.42 Å². The number of benzene rings is 1. The molecule has 0 heterocycles. The second-order valence-corrected chi connectivity index (χ2v) is 5.38. The van der Waals surface area contributed by atoms with Gasteiger partial charge in [-0.3, -0.25) is 0 Å². The van der Waals surface area contributed by atoms with Gasteiger partial charge in [0, 0.05) is 12.6 Å². The van der Waals surface area contributed by atoms with Crippen LogP contribution in [0.1, 0.15) is 31.0 Å². The largest absolute Gasteiger partial charge is 0.318 e. The Morgan fingerprint density at radius 2 is 1.71 bits per heavy atom.